The number of benzene rings is 1. The van der Waals surface area contributed by atoms with Gasteiger partial charge in [0.05, 0.1) is 12.1 Å². The monoisotopic (exact) mass is 494 g/mol. The zero-order valence-corrected chi connectivity index (χ0v) is 19.5. The Morgan fingerprint density at radius 1 is 0.972 bits per heavy atom. The summed E-state index contributed by atoms with van der Waals surface area (Å²) in [5, 5.41) is 10.3. The van der Waals surface area contributed by atoms with Crippen LogP contribution in [0.2, 0.25) is 0 Å². The van der Waals surface area contributed by atoms with Crippen LogP contribution < -0.4 is 10.6 Å². The smallest absolute Gasteiger partial charge is 0.315 e. The Kier molecular flexibility index (Phi) is 7.74. The van der Waals surface area contributed by atoms with Crippen LogP contribution in [0.15, 0.2) is 79.4 Å². The van der Waals surface area contributed by atoms with E-state index < -0.39 is 17.8 Å². The van der Waals surface area contributed by atoms with Crippen LogP contribution >= 0.6 is 0 Å². The molecule has 0 radical (unpaired) electrons. The molecule has 4 aromatic rings. The Labute approximate surface area is 206 Å². The van der Waals surface area contributed by atoms with E-state index in [2.05, 4.69) is 25.7 Å². The van der Waals surface area contributed by atoms with Gasteiger partial charge in [0.15, 0.2) is 0 Å². The van der Waals surface area contributed by atoms with Gasteiger partial charge < -0.3 is 10.6 Å². The molecule has 0 bridgehead atoms. The third kappa shape index (κ3) is 6.54. The second kappa shape index (κ2) is 11.1. The average molecular weight is 495 g/mol. The zero-order valence-electron chi connectivity index (χ0n) is 19.5. The molecule has 36 heavy (non-hydrogen) atoms. The number of rotatable bonds is 9. The van der Waals surface area contributed by atoms with Crippen LogP contribution in [0.3, 0.4) is 0 Å². The van der Waals surface area contributed by atoms with Crippen LogP contribution in [-0.4, -0.2) is 38.7 Å². The number of amides is 1. The number of alkyl halides is 3. The number of pyridine rings is 2. The summed E-state index contributed by atoms with van der Waals surface area (Å²) in [6.45, 7) is 0.819. The molecule has 2 N–H and O–H groups in total. The van der Waals surface area contributed by atoms with Crippen molar-refractivity contribution in [2.24, 2.45) is 7.05 Å². The van der Waals surface area contributed by atoms with E-state index in [1.165, 1.54) is 12.3 Å². The number of aryl methyl sites for hydroxylation is 1. The van der Waals surface area contributed by atoms with E-state index in [0.29, 0.717) is 30.9 Å². The first-order valence-electron chi connectivity index (χ1n) is 11.3. The fourth-order valence-corrected chi connectivity index (χ4v) is 3.69. The molecule has 0 aliphatic rings. The molecule has 0 aliphatic carbocycles. The third-order valence-corrected chi connectivity index (χ3v) is 5.63. The lowest BCUT2D eigenvalue weighted by molar-refractivity contribution is -0.141. The quantitative estimate of drug-likeness (QED) is 0.336. The molecule has 7 nitrogen and oxygen atoms in total. The molecule has 4 rings (SSSR count). The van der Waals surface area contributed by atoms with Crippen molar-refractivity contribution >= 4 is 11.7 Å². The molecule has 10 heteroatoms. The molecule has 1 aromatic carbocycles. The van der Waals surface area contributed by atoms with Crippen molar-refractivity contribution in [1.82, 2.24) is 25.1 Å². The number of hydrogen-bond donors (Lipinski definition) is 2. The molecular weight excluding hydrogens is 469 g/mol. The van der Waals surface area contributed by atoms with Gasteiger partial charge in [-0.1, -0.05) is 36.4 Å². The predicted molar refractivity (Wildman–Crippen MR) is 130 cm³/mol. The van der Waals surface area contributed by atoms with Gasteiger partial charge in [-0.05, 0) is 42.3 Å². The summed E-state index contributed by atoms with van der Waals surface area (Å²) < 4.78 is 39.8. The number of carbonyl (C=O) groups is 1. The highest BCUT2D eigenvalue weighted by Gasteiger charge is 2.32. The fourth-order valence-electron chi connectivity index (χ4n) is 3.69. The van der Waals surface area contributed by atoms with E-state index in [1.54, 1.807) is 23.1 Å². The Hall–Kier alpha value is -4.05. The minimum atomic E-state index is -4.46. The van der Waals surface area contributed by atoms with Gasteiger partial charge in [0.1, 0.15) is 11.5 Å². The van der Waals surface area contributed by atoms with Crippen LogP contribution in [0.4, 0.5) is 19.0 Å². The number of nitrogens with zero attached hydrogens (tertiary/aromatic N) is 4. The standard InChI is InChI=1S/C26H25F3N6O/c1-35-17-21(15-33-35)20-8-10-24(32-14-20)34-25(36)22(19-5-3-2-4-6-19)16-30-12-11-18-7-9-23(31-13-18)26(27,28)29/h2-10,13-15,17,22,30H,11-12,16H2,1H3,(H,32,34,36). The molecule has 1 amide bonds. The fraction of sp³-hybridized carbons (Fsp3) is 0.231. The Bertz CT molecular complexity index is 1270. The first-order valence-corrected chi connectivity index (χ1v) is 11.3. The highest BCUT2D eigenvalue weighted by molar-refractivity contribution is 5.95. The van der Waals surface area contributed by atoms with Crippen molar-refractivity contribution in [3.63, 3.8) is 0 Å². The Balaban J connectivity index is 1.36. The van der Waals surface area contributed by atoms with Crippen molar-refractivity contribution in [2.45, 2.75) is 18.5 Å². The Morgan fingerprint density at radius 3 is 2.39 bits per heavy atom. The summed E-state index contributed by atoms with van der Waals surface area (Å²) in [5.41, 5.74) is 2.42. The summed E-state index contributed by atoms with van der Waals surface area (Å²) in [6, 6.07) is 15.4. The normalized spacial score (nSPS) is 12.3. The van der Waals surface area contributed by atoms with Gasteiger partial charge in [-0.15, -0.1) is 0 Å². The summed E-state index contributed by atoms with van der Waals surface area (Å²) in [7, 11) is 1.84. The van der Waals surface area contributed by atoms with Crippen molar-refractivity contribution in [1.29, 1.82) is 0 Å². The number of carbonyl (C=O) groups excluding carboxylic acids is 1. The Morgan fingerprint density at radius 2 is 1.78 bits per heavy atom. The number of nitrogens with one attached hydrogen (secondary N) is 2. The molecule has 3 heterocycles. The van der Waals surface area contributed by atoms with Crippen LogP contribution in [0.25, 0.3) is 11.1 Å². The van der Waals surface area contributed by atoms with Crippen LogP contribution in [0.1, 0.15) is 22.7 Å². The number of hydrogen-bond acceptors (Lipinski definition) is 5. The van der Waals surface area contributed by atoms with Crippen molar-refractivity contribution in [3.8, 4) is 11.1 Å². The van der Waals surface area contributed by atoms with Gasteiger partial charge in [0.2, 0.25) is 5.91 Å². The summed E-state index contributed by atoms with van der Waals surface area (Å²) in [5.74, 6) is -0.271. The van der Waals surface area contributed by atoms with E-state index in [1.807, 2.05) is 49.6 Å². The van der Waals surface area contributed by atoms with Gasteiger partial charge in [-0.25, -0.2) is 4.98 Å². The first kappa shape index (κ1) is 25.1. The molecule has 0 fully saturated rings. The number of halogens is 3. The van der Waals surface area contributed by atoms with E-state index in [-0.39, 0.29) is 5.91 Å². The van der Waals surface area contributed by atoms with Gasteiger partial charge >= 0.3 is 6.18 Å². The van der Waals surface area contributed by atoms with Gasteiger partial charge in [-0.2, -0.15) is 18.3 Å². The van der Waals surface area contributed by atoms with E-state index in [4.69, 9.17) is 0 Å². The van der Waals surface area contributed by atoms with Crippen molar-refractivity contribution < 1.29 is 18.0 Å². The van der Waals surface area contributed by atoms with Gasteiger partial charge in [0.25, 0.3) is 0 Å². The lowest BCUT2D eigenvalue weighted by Gasteiger charge is -2.18. The predicted octanol–water partition coefficient (Wildman–Crippen LogP) is 4.45. The minimum absolute atomic E-state index is 0.216. The molecule has 0 saturated heterocycles. The second-order valence-corrected chi connectivity index (χ2v) is 8.29. The van der Waals surface area contributed by atoms with Crippen LogP contribution in [-0.2, 0) is 24.4 Å². The molecule has 1 unspecified atom stereocenters. The molecule has 0 aliphatic heterocycles. The van der Waals surface area contributed by atoms with Crippen LogP contribution in [0, 0.1) is 0 Å². The lowest BCUT2D eigenvalue weighted by atomic mass is 9.98. The summed E-state index contributed by atoms with van der Waals surface area (Å²) in [4.78, 5) is 21.0. The molecule has 1 atom stereocenters. The summed E-state index contributed by atoms with van der Waals surface area (Å²) >= 11 is 0. The molecule has 0 saturated carbocycles. The SMILES string of the molecule is Cn1cc(-c2ccc(NC(=O)C(CNCCc3ccc(C(F)(F)F)nc3)c3ccccc3)nc2)cn1. The maximum Gasteiger partial charge on any atom is 0.433 e. The second-order valence-electron chi connectivity index (χ2n) is 8.29. The average Bonchev–Trinajstić information content (AvgIpc) is 3.31. The molecule has 3 aromatic heterocycles. The van der Waals surface area contributed by atoms with E-state index in [0.717, 1.165) is 22.8 Å². The summed E-state index contributed by atoms with van der Waals surface area (Å²) in [6.07, 6.45) is 2.56. The molecular formula is C26H25F3N6O. The number of aromatic nitrogens is 4. The van der Waals surface area contributed by atoms with Crippen LogP contribution in [0.5, 0.6) is 0 Å². The molecule has 0 spiro atoms. The highest BCUT2D eigenvalue weighted by atomic mass is 19.4. The van der Waals surface area contributed by atoms with E-state index >= 15 is 0 Å². The number of anilines is 1. The van der Waals surface area contributed by atoms with Gasteiger partial charge in [0, 0.05) is 43.3 Å². The minimum Gasteiger partial charge on any atom is -0.315 e. The zero-order chi connectivity index (χ0) is 25.5. The maximum atomic E-state index is 13.1. The topological polar surface area (TPSA) is 84.7 Å². The highest BCUT2D eigenvalue weighted by Crippen LogP contribution is 2.27. The van der Waals surface area contributed by atoms with Crippen molar-refractivity contribution in [3.05, 3.63) is 96.2 Å². The van der Waals surface area contributed by atoms with Crippen molar-refractivity contribution in [2.75, 3.05) is 18.4 Å². The first-order chi connectivity index (χ1) is 17.3. The van der Waals surface area contributed by atoms with Gasteiger partial charge in [-0.3, -0.25) is 14.5 Å². The lowest BCUT2D eigenvalue weighted by Crippen LogP contribution is -2.32. The molecule has 186 valence electrons. The third-order valence-electron chi connectivity index (χ3n) is 5.63. The maximum absolute atomic E-state index is 13.1. The largest absolute Gasteiger partial charge is 0.433 e. The van der Waals surface area contributed by atoms with E-state index in [9.17, 15) is 18.0 Å².